The minimum atomic E-state index is -0.630. The van der Waals surface area contributed by atoms with Crippen molar-refractivity contribution in [3.8, 4) is 17.2 Å². The Morgan fingerprint density at radius 3 is 2.07 bits per heavy atom. The van der Waals surface area contributed by atoms with E-state index in [1.807, 2.05) is 0 Å². The minimum Gasteiger partial charge on any atom is -0.493 e. The second-order valence-corrected chi connectivity index (χ2v) is 6.25. The minimum absolute atomic E-state index is 0.281. The van der Waals surface area contributed by atoms with Crippen LogP contribution >= 0.6 is 15.9 Å². The highest BCUT2D eigenvalue weighted by Gasteiger charge is 2.12. The summed E-state index contributed by atoms with van der Waals surface area (Å²) >= 11 is 3.30. The molecule has 0 amide bonds. The van der Waals surface area contributed by atoms with Crippen molar-refractivity contribution in [2.75, 3.05) is 27.9 Å². The van der Waals surface area contributed by atoms with Gasteiger partial charge in [0.15, 0.2) is 23.9 Å². The monoisotopic (exact) mass is 434 g/mol. The van der Waals surface area contributed by atoms with Gasteiger partial charge in [-0.1, -0.05) is 28.1 Å². The van der Waals surface area contributed by atoms with Crippen molar-refractivity contribution in [2.24, 2.45) is 0 Å². The first kappa shape index (κ1) is 20.5. The van der Waals surface area contributed by atoms with Crippen molar-refractivity contribution in [3.63, 3.8) is 0 Å². The van der Waals surface area contributed by atoms with Crippen LogP contribution in [0, 0.1) is 0 Å². The van der Waals surface area contributed by atoms with Crippen LogP contribution in [-0.4, -0.2) is 39.7 Å². The Morgan fingerprint density at radius 2 is 1.56 bits per heavy atom. The quantitative estimate of drug-likeness (QED) is 0.356. The Labute approximate surface area is 165 Å². The first-order chi connectivity index (χ1) is 13.0. The molecule has 0 aliphatic carbocycles. The Balaban J connectivity index is 2.01. The number of esters is 1. The molecule has 0 atom stereocenters. The fourth-order valence-electron chi connectivity index (χ4n) is 2.27. The molecule has 0 fully saturated rings. The van der Waals surface area contributed by atoms with Crippen molar-refractivity contribution in [3.05, 3.63) is 58.1 Å². The van der Waals surface area contributed by atoms with Crippen LogP contribution in [0.5, 0.6) is 17.2 Å². The summed E-state index contributed by atoms with van der Waals surface area (Å²) in [7, 11) is 4.52. The summed E-state index contributed by atoms with van der Waals surface area (Å²) in [6.45, 7) is -0.333. The number of ketones is 1. The molecule has 0 unspecified atom stereocenters. The lowest BCUT2D eigenvalue weighted by Gasteiger charge is -2.12. The lowest BCUT2D eigenvalue weighted by molar-refractivity contribution is -0.136. The zero-order valence-corrected chi connectivity index (χ0v) is 16.7. The standard InChI is InChI=1S/C20H19BrO6/c1-24-17-10-13(11-18(25-2)20(17)26-3)4-9-19(23)27-12-16(22)14-5-7-15(21)8-6-14/h4-11H,12H2,1-3H3/b9-4+. The average molecular weight is 435 g/mol. The van der Waals surface area contributed by atoms with Crippen LogP contribution < -0.4 is 14.2 Å². The molecule has 0 aliphatic heterocycles. The molecule has 0 saturated heterocycles. The fraction of sp³-hybridized carbons (Fsp3) is 0.200. The topological polar surface area (TPSA) is 71.1 Å². The van der Waals surface area contributed by atoms with Crippen LogP contribution in [0.25, 0.3) is 6.08 Å². The molecule has 27 heavy (non-hydrogen) atoms. The molecular weight excluding hydrogens is 416 g/mol. The average Bonchev–Trinajstić information content (AvgIpc) is 2.69. The highest BCUT2D eigenvalue weighted by atomic mass is 79.9. The maximum absolute atomic E-state index is 12.0. The van der Waals surface area contributed by atoms with Crippen molar-refractivity contribution >= 4 is 33.8 Å². The van der Waals surface area contributed by atoms with Gasteiger partial charge in [0.25, 0.3) is 0 Å². The molecule has 0 heterocycles. The summed E-state index contributed by atoms with van der Waals surface area (Å²) in [6, 6.07) is 10.2. The van der Waals surface area contributed by atoms with E-state index in [4.69, 9.17) is 18.9 Å². The van der Waals surface area contributed by atoms with Gasteiger partial charge in [-0.05, 0) is 35.9 Å². The Hall–Kier alpha value is -2.80. The number of rotatable bonds is 8. The summed E-state index contributed by atoms with van der Waals surface area (Å²) in [5.41, 5.74) is 1.13. The molecule has 6 nitrogen and oxygen atoms in total. The Morgan fingerprint density at radius 1 is 0.963 bits per heavy atom. The maximum atomic E-state index is 12.0. The largest absolute Gasteiger partial charge is 0.493 e. The van der Waals surface area contributed by atoms with E-state index in [1.54, 1.807) is 36.4 Å². The number of hydrogen-bond acceptors (Lipinski definition) is 6. The summed E-state index contributed by atoms with van der Waals surface area (Å²) in [5, 5.41) is 0. The third-order valence-electron chi connectivity index (χ3n) is 3.61. The van der Waals surface area contributed by atoms with Gasteiger partial charge in [0.05, 0.1) is 21.3 Å². The number of carbonyl (C=O) groups is 2. The van der Waals surface area contributed by atoms with Gasteiger partial charge in [-0.25, -0.2) is 4.79 Å². The fourth-order valence-corrected chi connectivity index (χ4v) is 2.53. The van der Waals surface area contributed by atoms with Gasteiger partial charge in [0.2, 0.25) is 5.75 Å². The predicted molar refractivity (Wildman–Crippen MR) is 105 cm³/mol. The molecule has 0 aliphatic rings. The Kier molecular flexibility index (Phi) is 7.43. The van der Waals surface area contributed by atoms with Gasteiger partial charge in [0, 0.05) is 16.1 Å². The van der Waals surface area contributed by atoms with E-state index >= 15 is 0 Å². The molecule has 0 radical (unpaired) electrons. The van der Waals surface area contributed by atoms with E-state index in [2.05, 4.69) is 15.9 Å². The van der Waals surface area contributed by atoms with Gasteiger partial charge in [-0.15, -0.1) is 0 Å². The van der Waals surface area contributed by atoms with E-state index in [0.29, 0.717) is 28.4 Å². The van der Waals surface area contributed by atoms with Crippen LogP contribution in [0.15, 0.2) is 46.9 Å². The number of carbonyl (C=O) groups excluding carboxylic acids is 2. The first-order valence-corrected chi connectivity index (χ1v) is 8.71. The number of Topliss-reactive ketones (excluding diaryl/α,β-unsaturated/α-hetero) is 1. The highest BCUT2D eigenvalue weighted by molar-refractivity contribution is 9.10. The van der Waals surface area contributed by atoms with Crippen molar-refractivity contribution in [2.45, 2.75) is 0 Å². The van der Waals surface area contributed by atoms with Gasteiger partial charge in [-0.3, -0.25) is 4.79 Å². The summed E-state index contributed by atoms with van der Waals surface area (Å²) in [5.74, 6) is 0.483. The van der Waals surface area contributed by atoms with Crippen LogP contribution in [0.3, 0.4) is 0 Å². The number of hydrogen-bond donors (Lipinski definition) is 0. The maximum Gasteiger partial charge on any atom is 0.331 e. The number of methoxy groups -OCH3 is 3. The molecule has 0 spiro atoms. The number of halogens is 1. The lowest BCUT2D eigenvalue weighted by atomic mass is 10.1. The molecule has 0 saturated carbocycles. The van der Waals surface area contributed by atoms with Crippen LogP contribution in [0.1, 0.15) is 15.9 Å². The molecule has 2 rings (SSSR count). The zero-order valence-electron chi connectivity index (χ0n) is 15.2. The van der Waals surface area contributed by atoms with Gasteiger partial charge in [0.1, 0.15) is 0 Å². The third-order valence-corrected chi connectivity index (χ3v) is 4.14. The number of ether oxygens (including phenoxy) is 4. The molecule has 0 bridgehead atoms. The van der Waals surface area contributed by atoms with Crippen LogP contribution in [0.4, 0.5) is 0 Å². The van der Waals surface area contributed by atoms with Crippen LogP contribution in [-0.2, 0) is 9.53 Å². The molecular formula is C20H19BrO6. The second-order valence-electron chi connectivity index (χ2n) is 5.33. The molecule has 2 aromatic rings. The Bertz CT molecular complexity index is 817. The highest BCUT2D eigenvalue weighted by Crippen LogP contribution is 2.38. The van der Waals surface area contributed by atoms with E-state index in [-0.39, 0.29) is 12.4 Å². The van der Waals surface area contributed by atoms with Gasteiger partial charge < -0.3 is 18.9 Å². The summed E-state index contributed by atoms with van der Waals surface area (Å²) in [4.78, 5) is 23.9. The smallest absolute Gasteiger partial charge is 0.331 e. The lowest BCUT2D eigenvalue weighted by Crippen LogP contribution is -2.12. The van der Waals surface area contributed by atoms with Gasteiger partial charge in [-0.2, -0.15) is 0 Å². The van der Waals surface area contributed by atoms with Crippen molar-refractivity contribution < 1.29 is 28.5 Å². The first-order valence-electron chi connectivity index (χ1n) is 7.92. The predicted octanol–water partition coefficient (Wildman–Crippen LogP) is 3.91. The number of benzene rings is 2. The normalized spacial score (nSPS) is 10.5. The van der Waals surface area contributed by atoms with E-state index in [1.165, 1.54) is 33.5 Å². The molecule has 0 N–H and O–H groups in total. The van der Waals surface area contributed by atoms with Crippen molar-refractivity contribution in [1.82, 2.24) is 0 Å². The molecule has 0 aromatic heterocycles. The van der Waals surface area contributed by atoms with Crippen LogP contribution in [0.2, 0.25) is 0 Å². The third kappa shape index (κ3) is 5.59. The van der Waals surface area contributed by atoms with E-state index in [9.17, 15) is 9.59 Å². The molecule has 7 heteroatoms. The van der Waals surface area contributed by atoms with E-state index in [0.717, 1.165) is 4.47 Å². The SMILES string of the molecule is COc1cc(/C=C/C(=O)OCC(=O)c2ccc(Br)cc2)cc(OC)c1OC. The second kappa shape index (κ2) is 9.78. The van der Waals surface area contributed by atoms with Crippen molar-refractivity contribution in [1.29, 1.82) is 0 Å². The zero-order chi connectivity index (χ0) is 19.8. The molecule has 2 aromatic carbocycles. The molecule has 142 valence electrons. The summed E-state index contributed by atoms with van der Waals surface area (Å²) < 4.78 is 21.6. The van der Waals surface area contributed by atoms with E-state index < -0.39 is 5.97 Å². The van der Waals surface area contributed by atoms with Gasteiger partial charge >= 0.3 is 5.97 Å². The summed E-state index contributed by atoms with van der Waals surface area (Å²) in [6.07, 6.45) is 2.77.